The van der Waals surface area contributed by atoms with Crippen LogP contribution in [0.4, 0.5) is 0 Å². The SMILES string of the molecule is Cc1ccc(CN2CCN(C)CC2C(C)C)nc1. The molecule has 0 aliphatic carbocycles. The summed E-state index contributed by atoms with van der Waals surface area (Å²) in [4.78, 5) is 9.55. The van der Waals surface area contributed by atoms with Crippen LogP contribution in [-0.2, 0) is 6.54 Å². The highest BCUT2D eigenvalue weighted by atomic mass is 15.3. The van der Waals surface area contributed by atoms with Gasteiger partial charge < -0.3 is 4.90 Å². The van der Waals surface area contributed by atoms with E-state index in [9.17, 15) is 0 Å². The molecule has 1 aliphatic rings. The fourth-order valence-electron chi connectivity index (χ4n) is 2.62. The van der Waals surface area contributed by atoms with E-state index in [1.54, 1.807) is 0 Å². The molecule has 1 aromatic heterocycles. The summed E-state index contributed by atoms with van der Waals surface area (Å²) >= 11 is 0. The number of nitrogens with zero attached hydrogens (tertiary/aromatic N) is 3. The first-order valence-corrected chi connectivity index (χ1v) is 6.90. The van der Waals surface area contributed by atoms with Gasteiger partial charge in [0.25, 0.3) is 0 Å². The van der Waals surface area contributed by atoms with E-state index >= 15 is 0 Å². The molecule has 3 nitrogen and oxygen atoms in total. The van der Waals surface area contributed by atoms with E-state index in [1.807, 2.05) is 6.20 Å². The molecular weight excluding hydrogens is 222 g/mol. The average Bonchev–Trinajstić information content (AvgIpc) is 2.34. The van der Waals surface area contributed by atoms with Crippen LogP contribution < -0.4 is 0 Å². The second-order valence-corrected chi connectivity index (χ2v) is 5.87. The van der Waals surface area contributed by atoms with E-state index in [-0.39, 0.29) is 0 Å². The molecule has 18 heavy (non-hydrogen) atoms. The second-order valence-electron chi connectivity index (χ2n) is 5.87. The van der Waals surface area contributed by atoms with Crippen LogP contribution in [0.25, 0.3) is 0 Å². The fraction of sp³-hybridized carbons (Fsp3) is 0.667. The van der Waals surface area contributed by atoms with Gasteiger partial charge in [0.15, 0.2) is 0 Å². The van der Waals surface area contributed by atoms with Crippen molar-refractivity contribution in [3.8, 4) is 0 Å². The zero-order valence-electron chi connectivity index (χ0n) is 12.1. The third kappa shape index (κ3) is 3.30. The minimum absolute atomic E-state index is 0.645. The van der Waals surface area contributed by atoms with Crippen molar-refractivity contribution in [2.24, 2.45) is 5.92 Å². The Hall–Kier alpha value is -0.930. The van der Waals surface area contributed by atoms with Crippen LogP contribution in [-0.4, -0.2) is 47.5 Å². The van der Waals surface area contributed by atoms with E-state index in [1.165, 1.54) is 17.8 Å². The molecule has 1 fully saturated rings. The number of hydrogen-bond acceptors (Lipinski definition) is 3. The van der Waals surface area contributed by atoms with Crippen LogP contribution in [0.2, 0.25) is 0 Å². The zero-order valence-corrected chi connectivity index (χ0v) is 12.1. The molecule has 0 amide bonds. The summed E-state index contributed by atoms with van der Waals surface area (Å²) in [5, 5.41) is 0. The highest BCUT2D eigenvalue weighted by molar-refractivity contribution is 5.12. The summed E-state index contributed by atoms with van der Waals surface area (Å²) < 4.78 is 0. The normalized spacial score (nSPS) is 22.6. The van der Waals surface area contributed by atoms with Gasteiger partial charge in [0.1, 0.15) is 0 Å². The number of rotatable bonds is 3. The molecule has 2 heterocycles. The lowest BCUT2D eigenvalue weighted by molar-refractivity contribution is 0.0561. The van der Waals surface area contributed by atoms with Crippen LogP contribution in [0, 0.1) is 12.8 Å². The number of hydrogen-bond donors (Lipinski definition) is 0. The lowest BCUT2D eigenvalue weighted by Crippen LogP contribution is -2.53. The predicted molar refractivity (Wildman–Crippen MR) is 75.5 cm³/mol. The Morgan fingerprint density at radius 3 is 2.72 bits per heavy atom. The molecule has 3 heteroatoms. The zero-order chi connectivity index (χ0) is 13.1. The van der Waals surface area contributed by atoms with E-state index < -0.39 is 0 Å². The topological polar surface area (TPSA) is 19.4 Å². The first-order chi connectivity index (χ1) is 8.56. The van der Waals surface area contributed by atoms with E-state index in [2.05, 4.69) is 54.7 Å². The molecule has 0 aromatic carbocycles. The number of aromatic nitrogens is 1. The maximum atomic E-state index is 4.53. The Labute approximate surface area is 111 Å². The van der Waals surface area contributed by atoms with E-state index in [4.69, 9.17) is 0 Å². The van der Waals surface area contributed by atoms with Gasteiger partial charge in [-0.25, -0.2) is 0 Å². The summed E-state index contributed by atoms with van der Waals surface area (Å²) in [7, 11) is 2.22. The molecule has 1 aromatic rings. The van der Waals surface area contributed by atoms with Crippen LogP contribution in [0.15, 0.2) is 18.3 Å². The molecule has 1 aliphatic heterocycles. The highest BCUT2D eigenvalue weighted by Gasteiger charge is 2.27. The molecule has 2 rings (SSSR count). The van der Waals surface area contributed by atoms with Gasteiger partial charge in [-0.15, -0.1) is 0 Å². The van der Waals surface area contributed by atoms with Gasteiger partial charge in [0.2, 0.25) is 0 Å². The van der Waals surface area contributed by atoms with Crippen molar-refractivity contribution in [2.75, 3.05) is 26.7 Å². The molecule has 1 saturated heterocycles. The van der Waals surface area contributed by atoms with Crippen molar-refractivity contribution < 1.29 is 0 Å². The Balaban J connectivity index is 2.04. The molecule has 0 bridgehead atoms. The fourth-order valence-corrected chi connectivity index (χ4v) is 2.62. The Bertz CT molecular complexity index is 372. The quantitative estimate of drug-likeness (QED) is 0.816. The molecule has 1 atom stereocenters. The van der Waals surface area contributed by atoms with E-state index in [0.29, 0.717) is 12.0 Å². The number of aryl methyl sites for hydroxylation is 1. The van der Waals surface area contributed by atoms with Crippen molar-refractivity contribution in [3.05, 3.63) is 29.6 Å². The molecule has 0 N–H and O–H groups in total. The van der Waals surface area contributed by atoms with Gasteiger partial charge >= 0.3 is 0 Å². The summed E-state index contributed by atoms with van der Waals surface area (Å²) in [5.41, 5.74) is 2.42. The van der Waals surface area contributed by atoms with Crippen molar-refractivity contribution in [3.63, 3.8) is 0 Å². The van der Waals surface area contributed by atoms with Gasteiger partial charge in [-0.05, 0) is 31.5 Å². The van der Waals surface area contributed by atoms with Crippen LogP contribution in [0.5, 0.6) is 0 Å². The maximum absolute atomic E-state index is 4.53. The smallest absolute Gasteiger partial charge is 0.0544 e. The number of piperazine rings is 1. The third-order valence-corrected chi connectivity index (χ3v) is 3.84. The minimum Gasteiger partial charge on any atom is -0.304 e. The first-order valence-electron chi connectivity index (χ1n) is 6.90. The highest BCUT2D eigenvalue weighted by Crippen LogP contribution is 2.18. The minimum atomic E-state index is 0.645. The van der Waals surface area contributed by atoms with Crippen molar-refractivity contribution in [2.45, 2.75) is 33.4 Å². The predicted octanol–water partition coefficient (Wildman–Crippen LogP) is 2.16. The summed E-state index contributed by atoms with van der Waals surface area (Å²) in [5.74, 6) is 0.693. The van der Waals surface area contributed by atoms with Gasteiger partial charge in [-0.3, -0.25) is 9.88 Å². The number of pyridine rings is 1. The molecule has 0 spiro atoms. The molecule has 100 valence electrons. The van der Waals surface area contributed by atoms with Crippen LogP contribution in [0.3, 0.4) is 0 Å². The Kier molecular flexibility index (Phi) is 4.36. The van der Waals surface area contributed by atoms with Crippen molar-refractivity contribution in [1.29, 1.82) is 0 Å². The lowest BCUT2D eigenvalue weighted by atomic mass is 9.99. The summed E-state index contributed by atoms with van der Waals surface area (Å²) in [6.45, 7) is 11.2. The second kappa shape index (κ2) is 5.81. The van der Waals surface area contributed by atoms with Gasteiger partial charge in [-0.2, -0.15) is 0 Å². The van der Waals surface area contributed by atoms with Crippen molar-refractivity contribution >= 4 is 0 Å². The van der Waals surface area contributed by atoms with Crippen LogP contribution in [0.1, 0.15) is 25.1 Å². The molecule has 1 unspecified atom stereocenters. The Morgan fingerprint density at radius 2 is 2.11 bits per heavy atom. The van der Waals surface area contributed by atoms with Crippen LogP contribution >= 0.6 is 0 Å². The first kappa shape index (κ1) is 13.5. The Morgan fingerprint density at radius 1 is 1.33 bits per heavy atom. The standard InChI is InChI=1S/C15H25N3/c1-12(2)15-11-17(4)7-8-18(15)10-14-6-5-13(3)9-16-14/h5-6,9,12,15H,7-8,10-11H2,1-4H3. The van der Waals surface area contributed by atoms with Gasteiger partial charge in [0.05, 0.1) is 5.69 Å². The average molecular weight is 247 g/mol. The largest absolute Gasteiger partial charge is 0.304 e. The van der Waals surface area contributed by atoms with E-state index in [0.717, 1.165) is 19.6 Å². The number of likely N-dealkylation sites (N-methyl/N-ethyl adjacent to an activating group) is 1. The van der Waals surface area contributed by atoms with Gasteiger partial charge in [-0.1, -0.05) is 19.9 Å². The monoisotopic (exact) mass is 247 g/mol. The maximum Gasteiger partial charge on any atom is 0.0544 e. The molecule has 0 radical (unpaired) electrons. The third-order valence-electron chi connectivity index (χ3n) is 3.84. The summed E-state index contributed by atoms with van der Waals surface area (Å²) in [6, 6.07) is 4.96. The lowest BCUT2D eigenvalue weighted by Gasteiger charge is -2.42. The van der Waals surface area contributed by atoms with Gasteiger partial charge in [0, 0.05) is 38.4 Å². The molecule has 0 saturated carbocycles. The molecular formula is C15H25N3. The summed E-state index contributed by atoms with van der Waals surface area (Å²) in [6.07, 6.45) is 1.97. The van der Waals surface area contributed by atoms with Crippen molar-refractivity contribution in [1.82, 2.24) is 14.8 Å².